The summed E-state index contributed by atoms with van der Waals surface area (Å²) in [6, 6.07) is 4.32. The number of nitrogens with one attached hydrogen (secondary N) is 1. The van der Waals surface area contributed by atoms with Gasteiger partial charge in [-0.15, -0.1) is 0 Å². The maximum absolute atomic E-state index is 5.57. The van der Waals surface area contributed by atoms with Crippen LogP contribution < -0.4 is 14.8 Å². The van der Waals surface area contributed by atoms with Gasteiger partial charge in [-0.3, -0.25) is 0 Å². The second-order valence-corrected chi connectivity index (χ2v) is 5.03. The Kier molecular flexibility index (Phi) is 3.11. The number of benzene rings is 1. The first-order chi connectivity index (χ1) is 8.33. The topological polar surface area (TPSA) is 39.7 Å². The van der Waals surface area contributed by atoms with Crippen molar-refractivity contribution >= 4 is 21.6 Å². The van der Waals surface area contributed by atoms with Crippen molar-refractivity contribution < 1.29 is 14.2 Å². The van der Waals surface area contributed by atoms with Crippen LogP contribution in [0.25, 0.3) is 0 Å². The maximum Gasteiger partial charge on any atom is 0.163 e. The third-order valence-electron chi connectivity index (χ3n) is 2.92. The molecule has 0 spiro atoms. The Hall–Kier alpha value is -0.940. The minimum atomic E-state index is 0.383. The summed E-state index contributed by atoms with van der Waals surface area (Å²) < 4.78 is 17.4. The number of anilines is 1. The molecule has 2 heterocycles. The molecule has 1 fully saturated rings. The van der Waals surface area contributed by atoms with Crippen molar-refractivity contribution in [1.29, 1.82) is 0 Å². The number of ether oxygens (including phenoxy) is 3. The quantitative estimate of drug-likeness (QED) is 0.910. The van der Waals surface area contributed by atoms with E-state index in [-0.39, 0.29) is 0 Å². The van der Waals surface area contributed by atoms with Crippen molar-refractivity contribution in [2.24, 2.45) is 0 Å². The largest absolute Gasteiger partial charge is 0.486 e. The summed E-state index contributed by atoms with van der Waals surface area (Å²) in [7, 11) is 0. The fourth-order valence-corrected chi connectivity index (χ4v) is 2.48. The van der Waals surface area contributed by atoms with E-state index in [2.05, 4.69) is 21.2 Å². The Morgan fingerprint density at radius 3 is 2.59 bits per heavy atom. The van der Waals surface area contributed by atoms with Crippen LogP contribution in [-0.2, 0) is 4.74 Å². The third kappa shape index (κ3) is 2.35. The smallest absolute Gasteiger partial charge is 0.163 e. The summed E-state index contributed by atoms with van der Waals surface area (Å²) in [5, 5.41) is 3.45. The third-order valence-corrected chi connectivity index (χ3v) is 3.58. The highest BCUT2D eigenvalue weighted by atomic mass is 79.9. The Morgan fingerprint density at radius 1 is 1.12 bits per heavy atom. The first-order valence-corrected chi connectivity index (χ1v) is 6.55. The predicted octanol–water partition coefficient (Wildman–Crippen LogP) is 2.42. The van der Waals surface area contributed by atoms with E-state index < -0.39 is 0 Å². The maximum atomic E-state index is 5.57. The lowest BCUT2D eigenvalue weighted by atomic mass is 10.2. The lowest BCUT2D eigenvalue weighted by molar-refractivity contribution is 0.171. The SMILES string of the molecule is Brc1cc2c(cc1NC1CCOC1)OCCO2. The molecule has 1 atom stereocenters. The molecule has 4 nitrogen and oxygen atoms in total. The van der Waals surface area contributed by atoms with E-state index in [1.54, 1.807) is 0 Å². The molecule has 0 bridgehead atoms. The van der Waals surface area contributed by atoms with E-state index in [0.29, 0.717) is 19.3 Å². The first-order valence-electron chi connectivity index (χ1n) is 5.76. The molecule has 92 valence electrons. The highest BCUT2D eigenvalue weighted by Crippen LogP contribution is 2.38. The number of hydrogen-bond acceptors (Lipinski definition) is 4. The molecule has 1 aromatic carbocycles. The van der Waals surface area contributed by atoms with Crippen molar-refractivity contribution in [2.75, 3.05) is 31.7 Å². The van der Waals surface area contributed by atoms with E-state index in [1.165, 1.54) is 0 Å². The van der Waals surface area contributed by atoms with Gasteiger partial charge in [0.05, 0.1) is 18.3 Å². The number of halogens is 1. The molecule has 0 aliphatic carbocycles. The van der Waals surface area contributed by atoms with Gasteiger partial charge in [0, 0.05) is 23.2 Å². The second-order valence-electron chi connectivity index (χ2n) is 4.18. The van der Waals surface area contributed by atoms with Crippen molar-refractivity contribution in [3.8, 4) is 11.5 Å². The molecule has 2 aliphatic heterocycles. The molecule has 5 heteroatoms. The molecule has 0 saturated carbocycles. The standard InChI is InChI=1S/C12H14BrNO3/c13-9-5-11-12(17-4-3-16-11)6-10(9)14-8-1-2-15-7-8/h5-6,8,14H,1-4,7H2. The van der Waals surface area contributed by atoms with Gasteiger partial charge >= 0.3 is 0 Å². The fourth-order valence-electron chi connectivity index (χ4n) is 2.04. The minimum absolute atomic E-state index is 0.383. The molecule has 0 aromatic heterocycles. The highest BCUT2D eigenvalue weighted by molar-refractivity contribution is 9.10. The minimum Gasteiger partial charge on any atom is -0.486 e. The van der Waals surface area contributed by atoms with Gasteiger partial charge in [-0.25, -0.2) is 0 Å². The molecular weight excluding hydrogens is 286 g/mol. The summed E-state index contributed by atoms with van der Waals surface area (Å²) >= 11 is 3.54. The van der Waals surface area contributed by atoms with Crippen LogP contribution in [0.5, 0.6) is 11.5 Å². The summed E-state index contributed by atoms with van der Waals surface area (Å²) in [5.74, 6) is 1.61. The van der Waals surface area contributed by atoms with Crippen LogP contribution in [0.1, 0.15) is 6.42 Å². The molecule has 1 aromatic rings. The molecule has 3 rings (SSSR count). The van der Waals surface area contributed by atoms with Crippen molar-refractivity contribution in [3.63, 3.8) is 0 Å². The van der Waals surface area contributed by atoms with E-state index in [0.717, 1.165) is 41.3 Å². The Bertz CT molecular complexity index is 418. The van der Waals surface area contributed by atoms with E-state index in [4.69, 9.17) is 14.2 Å². The van der Waals surface area contributed by atoms with E-state index in [1.807, 2.05) is 12.1 Å². The van der Waals surface area contributed by atoms with Gasteiger partial charge in [0.2, 0.25) is 0 Å². The van der Waals surface area contributed by atoms with Gasteiger partial charge < -0.3 is 19.5 Å². The van der Waals surface area contributed by atoms with Crippen LogP contribution in [0, 0.1) is 0 Å². The first kappa shape index (κ1) is 11.2. The van der Waals surface area contributed by atoms with Crippen LogP contribution >= 0.6 is 15.9 Å². The van der Waals surface area contributed by atoms with Crippen molar-refractivity contribution in [2.45, 2.75) is 12.5 Å². The van der Waals surface area contributed by atoms with E-state index >= 15 is 0 Å². The number of hydrogen-bond donors (Lipinski definition) is 1. The molecule has 0 amide bonds. The Morgan fingerprint density at radius 2 is 1.88 bits per heavy atom. The second kappa shape index (κ2) is 4.74. The lowest BCUT2D eigenvalue weighted by Gasteiger charge is -2.21. The van der Waals surface area contributed by atoms with Crippen LogP contribution in [0.3, 0.4) is 0 Å². The molecule has 17 heavy (non-hydrogen) atoms. The summed E-state index contributed by atoms with van der Waals surface area (Å²) in [4.78, 5) is 0. The van der Waals surface area contributed by atoms with Gasteiger partial charge in [0.25, 0.3) is 0 Å². The molecule has 1 unspecified atom stereocenters. The zero-order chi connectivity index (χ0) is 11.7. The van der Waals surface area contributed by atoms with Gasteiger partial charge in [0.15, 0.2) is 11.5 Å². The average Bonchev–Trinajstić information content (AvgIpc) is 2.83. The molecule has 2 aliphatic rings. The van der Waals surface area contributed by atoms with Crippen LogP contribution in [0.4, 0.5) is 5.69 Å². The predicted molar refractivity (Wildman–Crippen MR) is 68.0 cm³/mol. The number of fused-ring (bicyclic) bond motifs is 1. The normalized spacial score (nSPS) is 22.5. The summed E-state index contributed by atoms with van der Waals surface area (Å²) in [6.45, 7) is 2.82. The molecule has 1 N–H and O–H groups in total. The Balaban J connectivity index is 1.83. The van der Waals surface area contributed by atoms with Gasteiger partial charge in [-0.05, 0) is 22.4 Å². The Labute approximate surface area is 108 Å². The zero-order valence-electron chi connectivity index (χ0n) is 9.37. The van der Waals surface area contributed by atoms with Crippen molar-refractivity contribution in [1.82, 2.24) is 0 Å². The van der Waals surface area contributed by atoms with Gasteiger partial charge in [-0.1, -0.05) is 0 Å². The summed E-state index contributed by atoms with van der Waals surface area (Å²) in [6.07, 6.45) is 1.04. The lowest BCUT2D eigenvalue weighted by Crippen LogP contribution is -2.20. The monoisotopic (exact) mass is 299 g/mol. The number of rotatable bonds is 2. The van der Waals surface area contributed by atoms with Crippen LogP contribution in [0.15, 0.2) is 16.6 Å². The molecular formula is C12H14BrNO3. The fraction of sp³-hybridized carbons (Fsp3) is 0.500. The van der Waals surface area contributed by atoms with Crippen LogP contribution in [-0.4, -0.2) is 32.5 Å². The van der Waals surface area contributed by atoms with Crippen molar-refractivity contribution in [3.05, 3.63) is 16.6 Å². The van der Waals surface area contributed by atoms with Gasteiger partial charge in [0.1, 0.15) is 13.2 Å². The molecule has 1 saturated heterocycles. The highest BCUT2D eigenvalue weighted by Gasteiger charge is 2.19. The average molecular weight is 300 g/mol. The summed E-state index contributed by atoms with van der Waals surface area (Å²) in [5.41, 5.74) is 1.03. The van der Waals surface area contributed by atoms with E-state index in [9.17, 15) is 0 Å². The zero-order valence-corrected chi connectivity index (χ0v) is 11.0. The van der Waals surface area contributed by atoms with Gasteiger partial charge in [-0.2, -0.15) is 0 Å². The van der Waals surface area contributed by atoms with Crippen LogP contribution in [0.2, 0.25) is 0 Å². The molecule has 0 radical (unpaired) electrons.